The lowest BCUT2D eigenvalue weighted by molar-refractivity contribution is 0.628. The second kappa shape index (κ2) is 4.19. The molecule has 1 aromatic carbocycles. The molecular formula is C10H10ClFN4. The maximum atomic E-state index is 12.8. The minimum atomic E-state index is -0.392. The Kier molecular flexibility index (Phi) is 2.89. The Hall–Kier alpha value is -1.46. The Bertz CT molecular complexity index is 509. The van der Waals surface area contributed by atoms with Crippen molar-refractivity contribution in [2.24, 2.45) is 5.73 Å². The van der Waals surface area contributed by atoms with Gasteiger partial charge in [-0.15, -0.1) is 0 Å². The van der Waals surface area contributed by atoms with Gasteiger partial charge < -0.3 is 5.73 Å². The van der Waals surface area contributed by atoms with Gasteiger partial charge in [-0.25, -0.2) is 9.37 Å². The average molecular weight is 241 g/mol. The van der Waals surface area contributed by atoms with E-state index in [0.29, 0.717) is 17.2 Å². The van der Waals surface area contributed by atoms with Crippen molar-refractivity contribution in [3.63, 3.8) is 0 Å². The quantitative estimate of drug-likeness (QED) is 0.846. The van der Waals surface area contributed by atoms with Gasteiger partial charge in [-0.05, 0) is 25.1 Å². The highest BCUT2D eigenvalue weighted by Gasteiger charge is 2.12. The number of aromatic nitrogens is 3. The van der Waals surface area contributed by atoms with Crippen LogP contribution in [0, 0.1) is 5.82 Å². The standard InChI is InChI=1S/C10H10ClFN4/c1-5(13)9-14-10(16-15-9)7-3-2-6(12)4-8(7)11/h2-5H,13H2,1H3,(H,14,15,16). The normalized spacial score (nSPS) is 12.8. The van der Waals surface area contributed by atoms with E-state index < -0.39 is 5.82 Å². The van der Waals surface area contributed by atoms with Gasteiger partial charge in [0.15, 0.2) is 5.82 Å². The number of nitrogens with two attached hydrogens (primary N) is 1. The van der Waals surface area contributed by atoms with Crippen LogP contribution in [0.25, 0.3) is 11.4 Å². The maximum absolute atomic E-state index is 12.8. The number of nitrogens with zero attached hydrogens (tertiary/aromatic N) is 2. The van der Waals surface area contributed by atoms with Crippen molar-refractivity contribution in [3.05, 3.63) is 34.9 Å². The van der Waals surface area contributed by atoms with Crippen molar-refractivity contribution in [2.75, 3.05) is 0 Å². The molecule has 0 amide bonds. The lowest BCUT2D eigenvalue weighted by atomic mass is 10.2. The molecule has 16 heavy (non-hydrogen) atoms. The molecule has 1 atom stereocenters. The molecule has 4 nitrogen and oxygen atoms in total. The van der Waals surface area contributed by atoms with Gasteiger partial charge in [0.25, 0.3) is 0 Å². The van der Waals surface area contributed by atoms with Gasteiger partial charge in [-0.2, -0.15) is 5.10 Å². The monoisotopic (exact) mass is 240 g/mol. The molecule has 0 radical (unpaired) electrons. The zero-order valence-corrected chi connectivity index (χ0v) is 9.29. The summed E-state index contributed by atoms with van der Waals surface area (Å²) in [6.07, 6.45) is 0. The zero-order chi connectivity index (χ0) is 11.7. The van der Waals surface area contributed by atoms with Crippen molar-refractivity contribution in [1.82, 2.24) is 15.2 Å². The Morgan fingerprint density at radius 3 is 2.81 bits per heavy atom. The summed E-state index contributed by atoms with van der Waals surface area (Å²) in [5, 5.41) is 6.96. The largest absolute Gasteiger partial charge is 0.322 e. The summed E-state index contributed by atoms with van der Waals surface area (Å²) in [7, 11) is 0. The molecule has 0 spiro atoms. The van der Waals surface area contributed by atoms with E-state index in [-0.39, 0.29) is 11.1 Å². The predicted molar refractivity (Wildman–Crippen MR) is 59.4 cm³/mol. The molecule has 0 fully saturated rings. The molecule has 2 rings (SSSR count). The lowest BCUT2D eigenvalue weighted by Gasteiger charge is -1.99. The van der Waals surface area contributed by atoms with Crippen LogP contribution >= 0.6 is 11.6 Å². The van der Waals surface area contributed by atoms with Gasteiger partial charge in [-0.1, -0.05) is 11.6 Å². The maximum Gasteiger partial charge on any atom is 0.182 e. The lowest BCUT2D eigenvalue weighted by Crippen LogP contribution is -2.06. The van der Waals surface area contributed by atoms with Gasteiger partial charge >= 0.3 is 0 Å². The smallest absolute Gasteiger partial charge is 0.182 e. The molecule has 3 N–H and O–H groups in total. The predicted octanol–water partition coefficient (Wildman–Crippen LogP) is 2.28. The van der Waals surface area contributed by atoms with E-state index in [1.807, 2.05) is 0 Å². The Labute approximate surface area is 96.6 Å². The van der Waals surface area contributed by atoms with Crippen LogP contribution in [0.15, 0.2) is 18.2 Å². The summed E-state index contributed by atoms with van der Waals surface area (Å²) < 4.78 is 12.8. The number of hydrogen-bond acceptors (Lipinski definition) is 3. The molecule has 1 aromatic heterocycles. The molecule has 0 bridgehead atoms. The number of H-pyrrole nitrogens is 1. The molecule has 6 heteroatoms. The summed E-state index contributed by atoms with van der Waals surface area (Å²) >= 11 is 5.89. The van der Waals surface area contributed by atoms with Crippen molar-refractivity contribution in [2.45, 2.75) is 13.0 Å². The van der Waals surface area contributed by atoms with Crippen LogP contribution in [0.1, 0.15) is 18.8 Å². The molecule has 0 saturated carbocycles. The summed E-state index contributed by atoms with van der Waals surface area (Å²) in [5.74, 6) is 0.587. The van der Waals surface area contributed by atoms with Gasteiger partial charge in [0.1, 0.15) is 11.6 Å². The van der Waals surface area contributed by atoms with Crippen LogP contribution in [0.5, 0.6) is 0 Å². The molecular weight excluding hydrogens is 231 g/mol. The van der Waals surface area contributed by atoms with Crippen molar-refractivity contribution in [3.8, 4) is 11.4 Å². The topological polar surface area (TPSA) is 67.6 Å². The summed E-state index contributed by atoms with van der Waals surface area (Å²) in [6.45, 7) is 1.79. The van der Waals surface area contributed by atoms with Gasteiger partial charge in [0.05, 0.1) is 11.1 Å². The van der Waals surface area contributed by atoms with Gasteiger partial charge in [0.2, 0.25) is 0 Å². The molecule has 0 aliphatic carbocycles. The molecule has 84 valence electrons. The second-order valence-electron chi connectivity index (χ2n) is 3.46. The second-order valence-corrected chi connectivity index (χ2v) is 3.86. The minimum absolute atomic E-state index is 0.236. The fourth-order valence-electron chi connectivity index (χ4n) is 1.27. The van der Waals surface area contributed by atoms with E-state index in [9.17, 15) is 4.39 Å². The zero-order valence-electron chi connectivity index (χ0n) is 8.54. The molecule has 1 unspecified atom stereocenters. The van der Waals surface area contributed by atoms with E-state index >= 15 is 0 Å². The third-order valence-corrected chi connectivity index (χ3v) is 2.42. The van der Waals surface area contributed by atoms with E-state index in [2.05, 4.69) is 15.2 Å². The number of hydrogen-bond donors (Lipinski definition) is 2. The van der Waals surface area contributed by atoms with Crippen molar-refractivity contribution < 1.29 is 4.39 Å². The molecule has 0 saturated heterocycles. The van der Waals surface area contributed by atoms with Gasteiger partial charge in [0, 0.05) is 5.56 Å². The summed E-state index contributed by atoms with van der Waals surface area (Å²) in [6, 6.07) is 3.83. The SMILES string of the molecule is CC(N)c1nc(-c2ccc(F)cc2Cl)n[nH]1. The van der Waals surface area contributed by atoms with E-state index in [4.69, 9.17) is 17.3 Å². The van der Waals surface area contributed by atoms with Crippen LogP contribution in [0.4, 0.5) is 4.39 Å². The fraction of sp³-hybridized carbons (Fsp3) is 0.200. The first kappa shape index (κ1) is 11.0. The van der Waals surface area contributed by atoms with Crippen LogP contribution < -0.4 is 5.73 Å². The third kappa shape index (κ3) is 2.05. The number of aromatic amines is 1. The highest BCUT2D eigenvalue weighted by Crippen LogP contribution is 2.26. The van der Waals surface area contributed by atoms with Crippen LogP contribution in [0.2, 0.25) is 5.02 Å². The third-order valence-electron chi connectivity index (χ3n) is 2.11. The van der Waals surface area contributed by atoms with Gasteiger partial charge in [-0.3, -0.25) is 5.10 Å². The highest BCUT2D eigenvalue weighted by atomic mass is 35.5. The Morgan fingerprint density at radius 1 is 1.50 bits per heavy atom. The minimum Gasteiger partial charge on any atom is -0.322 e. The Balaban J connectivity index is 2.42. The first-order chi connectivity index (χ1) is 7.58. The van der Waals surface area contributed by atoms with Crippen LogP contribution in [0.3, 0.4) is 0 Å². The van der Waals surface area contributed by atoms with E-state index in [1.54, 1.807) is 6.92 Å². The molecule has 2 aromatic rings. The number of rotatable bonds is 2. The average Bonchev–Trinajstić information content (AvgIpc) is 2.66. The van der Waals surface area contributed by atoms with Crippen molar-refractivity contribution in [1.29, 1.82) is 0 Å². The summed E-state index contributed by atoms with van der Waals surface area (Å²) in [4.78, 5) is 4.17. The molecule has 0 aliphatic heterocycles. The number of halogens is 2. The number of nitrogens with one attached hydrogen (secondary N) is 1. The first-order valence-electron chi connectivity index (χ1n) is 4.71. The first-order valence-corrected chi connectivity index (χ1v) is 5.09. The van der Waals surface area contributed by atoms with E-state index in [0.717, 1.165) is 0 Å². The summed E-state index contributed by atoms with van der Waals surface area (Å²) in [5.41, 5.74) is 6.22. The fourth-order valence-corrected chi connectivity index (χ4v) is 1.52. The van der Waals surface area contributed by atoms with E-state index in [1.165, 1.54) is 18.2 Å². The Morgan fingerprint density at radius 2 is 2.25 bits per heavy atom. The highest BCUT2D eigenvalue weighted by molar-refractivity contribution is 6.33. The van der Waals surface area contributed by atoms with Crippen molar-refractivity contribution >= 4 is 11.6 Å². The number of benzene rings is 1. The van der Waals surface area contributed by atoms with Crippen LogP contribution in [-0.4, -0.2) is 15.2 Å². The molecule has 1 heterocycles. The van der Waals surface area contributed by atoms with Crippen LogP contribution in [-0.2, 0) is 0 Å². The molecule has 0 aliphatic rings.